The van der Waals surface area contributed by atoms with Crippen molar-refractivity contribution in [1.82, 2.24) is 0 Å². The third-order valence-corrected chi connectivity index (χ3v) is 3.77. The van der Waals surface area contributed by atoms with Gasteiger partial charge in [-0.3, -0.25) is 4.79 Å². The molecule has 24 heavy (non-hydrogen) atoms. The minimum atomic E-state index is -0.370. The summed E-state index contributed by atoms with van der Waals surface area (Å²) >= 11 is 12.3. The van der Waals surface area contributed by atoms with Crippen LogP contribution >= 0.6 is 23.2 Å². The molecular formula is C17H17Cl2NO4. The molecule has 0 saturated carbocycles. The Kier molecular flexibility index (Phi) is 6.17. The van der Waals surface area contributed by atoms with Crippen molar-refractivity contribution in [2.24, 2.45) is 0 Å². The minimum Gasteiger partial charge on any atom is -0.497 e. The van der Waals surface area contributed by atoms with Crippen LogP contribution in [0.15, 0.2) is 30.3 Å². The van der Waals surface area contributed by atoms with Gasteiger partial charge in [0.2, 0.25) is 0 Å². The van der Waals surface area contributed by atoms with Crippen LogP contribution in [0.25, 0.3) is 0 Å². The second-order valence-corrected chi connectivity index (χ2v) is 5.54. The van der Waals surface area contributed by atoms with E-state index < -0.39 is 0 Å². The van der Waals surface area contributed by atoms with Crippen molar-refractivity contribution < 1.29 is 19.0 Å². The zero-order chi connectivity index (χ0) is 17.7. The lowest BCUT2D eigenvalue weighted by Gasteiger charge is -2.13. The maximum atomic E-state index is 12.5. The van der Waals surface area contributed by atoms with E-state index in [1.165, 1.54) is 19.2 Å². The molecule has 0 spiro atoms. The van der Waals surface area contributed by atoms with Crippen LogP contribution in [-0.2, 0) is 0 Å². The summed E-state index contributed by atoms with van der Waals surface area (Å²) in [6, 6.07) is 8.09. The summed E-state index contributed by atoms with van der Waals surface area (Å²) in [4.78, 5) is 12.5. The van der Waals surface area contributed by atoms with Gasteiger partial charge in [0.15, 0.2) is 5.75 Å². The summed E-state index contributed by atoms with van der Waals surface area (Å²) < 4.78 is 15.7. The van der Waals surface area contributed by atoms with E-state index in [0.717, 1.165) is 0 Å². The number of nitrogens with one attached hydrogen (secondary N) is 1. The molecular weight excluding hydrogens is 353 g/mol. The number of rotatable bonds is 6. The summed E-state index contributed by atoms with van der Waals surface area (Å²) in [7, 11) is 3.06. The van der Waals surface area contributed by atoms with Crippen molar-refractivity contribution >= 4 is 34.8 Å². The Labute approximate surface area is 150 Å². The molecule has 0 heterocycles. The standard InChI is InChI=1S/C17H17Cl2NO4/c1-4-24-16-12(18)7-10(8-13(16)19)17(21)20-14-6-5-11(22-2)9-15(14)23-3/h5-9H,4H2,1-3H3,(H,20,21). The van der Waals surface area contributed by atoms with Crippen LogP contribution in [0.2, 0.25) is 10.0 Å². The molecule has 0 aliphatic carbocycles. The molecule has 0 aliphatic heterocycles. The summed E-state index contributed by atoms with van der Waals surface area (Å²) in [5.41, 5.74) is 0.816. The lowest BCUT2D eigenvalue weighted by atomic mass is 10.2. The van der Waals surface area contributed by atoms with Crippen molar-refractivity contribution in [2.75, 3.05) is 26.1 Å². The Balaban J connectivity index is 2.27. The van der Waals surface area contributed by atoms with Crippen molar-refractivity contribution in [2.45, 2.75) is 6.92 Å². The molecule has 0 aliphatic rings. The van der Waals surface area contributed by atoms with E-state index in [2.05, 4.69) is 5.32 Å². The van der Waals surface area contributed by atoms with Gasteiger partial charge in [0.1, 0.15) is 11.5 Å². The Morgan fingerprint density at radius 2 is 1.75 bits per heavy atom. The average Bonchev–Trinajstić information content (AvgIpc) is 2.58. The summed E-state index contributed by atoms with van der Waals surface area (Å²) in [6.07, 6.45) is 0. The predicted octanol–water partition coefficient (Wildman–Crippen LogP) is 4.66. The molecule has 0 saturated heterocycles. The molecule has 128 valence electrons. The van der Waals surface area contributed by atoms with Gasteiger partial charge in [-0.1, -0.05) is 23.2 Å². The molecule has 0 aromatic heterocycles. The Morgan fingerprint density at radius 3 is 2.29 bits per heavy atom. The first kappa shape index (κ1) is 18.2. The van der Waals surface area contributed by atoms with Crippen LogP contribution in [0.3, 0.4) is 0 Å². The first-order valence-corrected chi connectivity index (χ1v) is 7.91. The number of methoxy groups -OCH3 is 2. The maximum Gasteiger partial charge on any atom is 0.255 e. The van der Waals surface area contributed by atoms with Crippen LogP contribution < -0.4 is 19.5 Å². The summed E-state index contributed by atoms with van der Waals surface area (Å²) in [5.74, 6) is 1.09. The average molecular weight is 370 g/mol. The predicted molar refractivity (Wildman–Crippen MR) is 95.1 cm³/mol. The fraction of sp³-hybridized carbons (Fsp3) is 0.235. The Bertz CT molecular complexity index is 726. The van der Waals surface area contributed by atoms with Gasteiger partial charge in [0, 0.05) is 11.6 Å². The Hall–Kier alpha value is -2.11. The molecule has 0 fully saturated rings. The fourth-order valence-corrected chi connectivity index (χ4v) is 2.67. The normalized spacial score (nSPS) is 10.2. The highest BCUT2D eigenvalue weighted by molar-refractivity contribution is 6.37. The molecule has 5 nitrogen and oxygen atoms in total. The van der Waals surface area contributed by atoms with Crippen molar-refractivity contribution in [3.8, 4) is 17.2 Å². The molecule has 1 N–H and O–H groups in total. The fourth-order valence-electron chi connectivity index (χ4n) is 2.07. The number of ether oxygens (including phenoxy) is 3. The Morgan fingerprint density at radius 1 is 1.08 bits per heavy atom. The van der Waals surface area contributed by atoms with E-state index in [9.17, 15) is 4.79 Å². The van der Waals surface area contributed by atoms with Crippen molar-refractivity contribution in [3.05, 3.63) is 45.9 Å². The van der Waals surface area contributed by atoms with Crippen molar-refractivity contribution in [3.63, 3.8) is 0 Å². The maximum absolute atomic E-state index is 12.5. The van der Waals surface area contributed by atoms with E-state index in [0.29, 0.717) is 35.1 Å². The van der Waals surface area contributed by atoms with Gasteiger partial charge in [0.25, 0.3) is 5.91 Å². The molecule has 2 rings (SSSR count). The molecule has 0 bridgehead atoms. The molecule has 2 aromatic rings. The zero-order valence-corrected chi connectivity index (χ0v) is 15.0. The van der Waals surface area contributed by atoms with E-state index >= 15 is 0 Å². The number of amides is 1. The number of hydrogen-bond acceptors (Lipinski definition) is 4. The molecule has 1 amide bonds. The van der Waals surface area contributed by atoms with Gasteiger partial charge in [-0.15, -0.1) is 0 Å². The molecule has 2 aromatic carbocycles. The highest BCUT2D eigenvalue weighted by atomic mass is 35.5. The van der Waals surface area contributed by atoms with Crippen LogP contribution in [0.1, 0.15) is 17.3 Å². The third-order valence-electron chi connectivity index (χ3n) is 3.21. The topological polar surface area (TPSA) is 56.8 Å². The largest absolute Gasteiger partial charge is 0.497 e. The number of halogens is 2. The van der Waals surface area contributed by atoms with Gasteiger partial charge < -0.3 is 19.5 Å². The molecule has 7 heteroatoms. The van der Waals surface area contributed by atoms with E-state index in [1.807, 2.05) is 6.92 Å². The van der Waals surface area contributed by atoms with E-state index in [-0.39, 0.29) is 16.0 Å². The smallest absolute Gasteiger partial charge is 0.255 e. The lowest BCUT2D eigenvalue weighted by Crippen LogP contribution is -2.13. The van der Waals surface area contributed by atoms with Gasteiger partial charge in [-0.2, -0.15) is 0 Å². The number of carbonyl (C=O) groups is 1. The number of carbonyl (C=O) groups excluding carboxylic acids is 1. The SMILES string of the molecule is CCOc1c(Cl)cc(C(=O)Nc2ccc(OC)cc2OC)cc1Cl. The van der Waals surface area contributed by atoms with Gasteiger partial charge in [-0.25, -0.2) is 0 Å². The highest BCUT2D eigenvalue weighted by Gasteiger charge is 2.15. The number of hydrogen-bond donors (Lipinski definition) is 1. The second-order valence-electron chi connectivity index (χ2n) is 4.72. The third kappa shape index (κ3) is 4.04. The minimum absolute atomic E-state index is 0.274. The van der Waals surface area contributed by atoms with Gasteiger partial charge in [-0.05, 0) is 31.2 Å². The summed E-state index contributed by atoms with van der Waals surface area (Å²) in [5, 5.41) is 3.31. The molecule has 0 unspecified atom stereocenters. The van der Waals surface area contributed by atoms with Gasteiger partial charge >= 0.3 is 0 Å². The summed E-state index contributed by atoms with van der Waals surface area (Å²) in [6.45, 7) is 2.25. The van der Waals surface area contributed by atoms with Crippen LogP contribution in [0.4, 0.5) is 5.69 Å². The van der Waals surface area contributed by atoms with Crippen LogP contribution in [-0.4, -0.2) is 26.7 Å². The molecule has 0 radical (unpaired) electrons. The first-order valence-electron chi connectivity index (χ1n) is 7.15. The lowest BCUT2D eigenvalue weighted by molar-refractivity contribution is 0.102. The zero-order valence-electron chi connectivity index (χ0n) is 13.5. The highest BCUT2D eigenvalue weighted by Crippen LogP contribution is 2.35. The monoisotopic (exact) mass is 369 g/mol. The van der Waals surface area contributed by atoms with Crippen molar-refractivity contribution in [1.29, 1.82) is 0 Å². The second kappa shape index (κ2) is 8.13. The van der Waals surface area contributed by atoms with Crippen LogP contribution in [0.5, 0.6) is 17.2 Å². The molecule has 0 atom stereocenters. The number of anilines is 1. The van der Waals surface area contributed by atoms with E-state index in [4.69, 9.17) is 37.4 Å². The first-order chi connectivity index (χ1) is 11.5. The van der Waals surface area contributed by atoms with Crippen LogP contribution in [0, 0.1) is 0 Å². The van der Waals surface area contributed by atoms with Gasteiger partial charge in [0.05, 0.1) is 36.6 Å². The van der Waals surface area contributed by atoms with E-state index in [1.54, 1.807) is 25.3 Å². The quantitative estimate of drug-likeness (QED) is 0.804. The number of benzene rings is 2.